The summed E-state index contributed by atoms with van der Waals surface area (Å²) in [5.74, 6) is 0.664. The van der Waals surface area contributed by atoms with Crippen molar-refractivity contribution in [3.05, 3.63) is 45.7 Å². The van der Waals surface area contributed by atoms with Crippen molar-refractivity contribution in [2.75, 3.05) is 0 Å². The first-order chi connectivity index (χ1) is 7.70. The van der Waals surface area contributed by atoms with Crippen LogP contribution in [0.5, 0.6) is 0 Å². The maximum absolute atomic E-state index is 5.96. The zero-order valence-electron chi connectivity index (χ0n) is 8.74. The van der Waals surface area contributed by atoms with E-state index < -0.39 is 0 Å². The number of nitrogens with zero attached hydrogens (tertiary/aromatic N) is 2. The Hall–Kier alpha value is -0.930. The number of aryl methyl sites for hydroxylation is 1. The molecule has 0 radical (unpaired) electrons. The summed E-state index contributed by atoms with van der Waals surface area (Å²) in [6.45, 7) is 2.04. The molecule has 0 aliphatic heterocycles. The molecule has 0 saturated heterocycles. The highest BCUT2D eigenvalue weighted by molar-refractivity contribution is 9.10. The standard InChI is InChI=1S/C12H10BrClN2/c1-2-8-7-11(14)16-12(15-8)9-5-3-4-6-10(9)13/h3-7H,2H2,1H3. The molecule has 2 rings (SSSR count). The summed E-state index contributed by atoms with van der Waals surface area (Å²) in [6.07, 6.45) is 0.847. The Kier molecular flexibility index (Phi) is 3.56. The highest BCUT2D eigenvalue weighted by Crippen LogP contribution is 2.26. The monoisotopic (exact) mass is 296 g/mol. The zero-order valence-corrected chi connectivity index (χ0v) is 11.1. The van der Waals surface area contributed by atoms with Gasteiger partial charge < -0.3 is 0 Å². The highest BCUT2D eigenvalue weighted by atomic mass is 79.9. The molecule has 82 valence electrons. The molecule has 1 aromatic carbocycles. The molecule has 0 bridgehead atoms. The lowest BCUT2D eigenvalue weighted by molar-refractivity contribution is 1.00. The number of hydrogen-bond acceptors (Lipinski definition) is 2. The van der Waals surface area contributed by atoms with Gasteiger partial charge >= 0.3 is 0 Å². The largest absolute Gasteiger partial charge is 0.233 e. The first-order valence-electron chi connectivity index (χ1n) is 4.99. The van der Waals surface area contributed by atoms with Crippen LogP contribution in [0.2, 0.25) is 5.15 Å². The molecule has 1 aromatic heterocycles. The molecular weight excluding hydrogens is 288 g/mol. The summed E-state index contributed by atoms with van der Waals surface area (Å²) in [7, 11) is 0. The summed E-state index contributed by atoms with van der Waals surface area (Å²) in [4.78, 5) is 8.69. The van der Waals surface area contributed by atoms with Crippen LogP contribution in [-0.4, -0.2) is 9.97 Å². The lowest BCUT2D eigenvalue weighted by atomic mass is 10.2. The first kappa shape index (κ1) is 11.6. The van der Waals surface area contributed by atoms with Crippen molar-refractivity contribution in [3.63, 3.8) is 0 Å². The average molecular weight is 298 g/mol. The second-order valence-corrected chi connectivity index (χ2v) is 4.58. The fourth-order valence-corrected chi connectivity index (χ4v) is 2.08. The summed E-state index contributed by atoms with van der Waals surface area (Å²) in [6, 6.07) is 9.64. The van der Waals surface area contributed by atoms with Gasteiger partial charge in [-0.1, -0.05) is 52.7 Å². The fraction of sp³-hybridized carbons (Fsp3) is 0.167. The van der Waals surface area contributed by atoms with Crippen LogP contribution in [0.1, 0.15) is 12.6 Å². The van der Waals surface area contributed by atoms with Gasteiger partial charge in [0.15, 0.2) is 5.82 Å². The van der Waals surface area contributed by atoms with Gasteiger partial charge in [-0.15, -0.1) is 0 Å². The molecule has 0 fully saturated rings. The molecule has 0 atom stereocenters. The molecule has 2 nitrogen and oxygen atoms in total. The van der Waals surface area contributed by atoms with Crippen LogP contribution in [0.25, 0.3) is 11.4 Å². The van der Waals surface area contributed by atoms with Gasteiger partial charge in [-0.05, 0) is 18.6 Å². The third kappa shape index (κ3) is 2.42. The van der Waals surface area contributed by atoms with Gasteiger partial charge in [-0.25, -0.2) is 9.97 Å². The van der Waals surface area contributed by atoms with Crippen molar-refractivity contribution >= 4 is 27.5 Å². The van der Waals surface area contributed by atoms with Gasteiger partial charge in [0.1, 0.15) is 5.15 Å². The van der Waals surface area contributed by atoms with E-state index >= 15 is 0 Å². The molecule has 0 saturated carbocycles. The molecule has 0 amide bonds. The van der Waals surface area contributed by atoms with Crippen LogP contribution in [0.3, 0.4) is 0 Å². The minimum Gasteiger partial charge on any atom is -0.233 e. The first-order valence-corrected chi connectivity index (χ1v) is 6.16. The summed E-state index contributed by atoms with van der Waals surface area (Å²) in [5, 5.41) is 0.484. The van der Waals surface area contributed by atoms with Gasteiger partial charge in [-0.2, -0.15) is 0 Å². The Morgan fingerprint density at radius 3 is 2.69 bits per heavy atom. The minimum absolute atomic E-state index is 0.484. The molecule has 16 heavy (non-hydrogen) atoms. The van der Waals surface area contributed by atoms with E-state index in [9.17, 15) is 0 Å². The van der Waals surface area contributed by atoms with Crippen molar-refractivity contribution in [3.8, 4) is 11.4 Å². The van der Waals surface area contributed by atoms with Gasteiger partial charge in [0, 0.05) is 15.7 Å². The molecule has 0 spiro atoms. The van der Waals surface area contributed by atoms with E-state index in [4.69, 9.17) is 11.6 Å². The predicted octanol–water partition coefficient (Wildman–Crippen LogP) is 4.12. The van der Waals surface area contributed by atoms with Crippen molar-refractivity contribution < 1.29 is 0 Å². The quantitative estimate of drug-likeness (QED) is 0.779. The average Bonchev–Trinajstić information content (AvgIpc) is 2.28. The Balaban J connectivity index is 2.56. The summed E-state index contributed by atoms with van der Waals surface area (Å²) in [5.41, 5.74) is 1.91. The van der Waals surface area contributed by atoms with E-state index in [-0.39, 0.29) is 0 Å². The maximum atomic E-state index is 5.96. The Morgan fingerprint density at radius 2 is 2.00 bits per heavy atom. The summed E-state index contributed by atoms with van der Waals surface area (Å²) < 4.78 is 0.972. The van der Waals surface area contributed by atoms with Gasteiger partial charge in [0.05, 0.1) is 0 Å². The highest BCUT2D eigenvalue weighted by Gasteiger charge is 2.07. The molecular formula is C12H10BrClN2. The number of halogens is 2. The van der Waals surface area contributed by atoms with Gasteiger partial charge in [0.25, 0.3) is 0 Å². The van der Waals surface area contributed by atoms with E-state index in [1.54, 1.807) is 6.07 Å². The van der Waals surface area contributed by atoms with E-state index in [1.807, 2.05) is 31.2 Å². The van der Waals surface area contributed by atoms with E-state index in [0.717, 1.165) is 22.2 Å². The minimum atomic E-state index is 0.484. The lowest BCUT2D eigenvalue weighted by Crippen LogP contribution is -1.95. The second kappa shape index (κ2) is 4.93. The second-order valence-electron chi connectivity index (χ2n) is 3.34. The van der Waals surface area contributed by atoms with E-state index in [1.165, 1.54) is 0 Å². The molecule has 0 N–H and O–H groups in total. The van der Waals surface area contributed by atoms with Crippen LogP contribution in [-0.2, 0) is 6.42 Å². The molecule has 4 heteroatoms. The number of aromatic nitrogens is 2. The number of hydrogen-bond donors (Lipinski definition) is 0. The van der Waals surface area contributed by atoms with Crippen molar-refractivity contribution in [1.29, 1.82) is 0 Å². The molecule has 0 unspecified atom stereocenters. The smallest absolute Gasteiger partial charge is 0.162 e. The van der Waals surface area contributed by atoms with Crippen LogP contribution in [0.4, 0.5) is 0 Å². The van der Waals surface area contributed by atoms with Gasteiger partial charge in [0.2, 0.25) is 0 Å². The SMILES string of the molecule is CCc1cc(Cl)nc(-c2ccccc2Br)n1. The van der Waals surface area contributed by atoms with Crippen LogP contribution < -0.4 is 0 Å². The van der Waals surface area contributed by atoms with Crippen LogP contribution >= 0.6 is 27.5 Å². The third-order valence-corrected chi connectivity index (χ3v) is 3.11. The lowest BCUT2D eigenvalue weighted by Gasteiger charge is -2.05. The normalized spacial score (nSPS) is 10.4. The topological polar surface area (TPSA) is 25.8 Å². The van der Waals surface area contributed by atoms with E-state index in [2.05, 4.69) is 25.9 Å². The summed E-state index contributed by atoms with van der Waals surface area (Å²) >= 11 is 9.45. The van der Waals surface area contributed by atoms with Crippen LogP contribution in [0.15, 0.2) is 34.8 Å². The maximum Gasteiger partial charge on any atom is 0.162 e. The Morgan fingerprint density at radius 1 is 1.25 bits per heavy atom. The zero-order chi connectivity index (χ0) is 11.5. The molecule has 2 aromatic rings. The third-order valence-electron chi connectivity index (χ3n) is 2.22. The Bertz CT molecular complexity index is 514. The predicted molar refractivity (Wildman–Crippen MR) is 69.6 cm³/mol. The molecule has 0 aliphatic rings. The van der Waals surface area contributed by atoms with Crippen molar-refractivity contribution in [2.24, 2.45) is 0 Å². The fourth-order valence-electron chi connectivity index (χ4n) is 1.41. The van der Waals surface area contributed by atoms with Gasteiger partial charge in [-0.3, -0.25) is 0 Å². The van der Waals surface area contributed by atoms with Crippen LogP contribution in [0, 0.1) is 0 Å². The molecule has 1 heterocycles. The van der Waals surface area contributed by atoms with Crippen molar-refractivity contribution in [2.45, 2.75) is 13.3 Å². The number of rotatable bonds is 2. The van der Waals surface area contributed by atoms with Crippen molar-refractivity contribution in [1.82, 2.24) is 9.97 Å². The van der Waals surface area contributed by atoms with E-state index in [0.29, 0.717) is 11.0 Å². The molecule has 0 aliphatic carbocycles. The Labute approximate surface area is 108 Å². The number of benzene rings is 1.